The number of nitriles is 1. The lowest BCUT2D eigenvalue weighted by atomic mass is 10.0. The summed E-state index contributed by atoms with van der Waals surface area (Å²) in [5.74, 6) is 0.00931. The highest BCUT2D eigenvalue weighted by Gasteiger charge is 2.25. The quantitative estimate of drug-likeness (QED) is 0.347. The van der Waals surface area contributed by atoms with Crippen LogP contribution < -0.4 is 4.90 Å². The molecule has 1 fully saturated rings. The third-order valence-electron chi connectivity index (χ3n) is 5.30. The maximum atomic E-state index is 13.4. The lowest BCUT2D eigenvalue weighted by Gasteiger charge is -2.36. The Hall–Kier alpha value is -2.48. The molecule has 152 valence electrons. The fourth-order valence-electron chi connectivity index (χ4n) is 3.79. The van der Waals surface area contributed by atoms with Crippen molar-refractivity contribution < 1.29 is 7.31 Å². The zero-order chi connectivity index (χ0) is 21.1. The number of hydrogen-bond acceptors (Lipinski definition) is 5. The van der Waals surface area contributed by atoms with Gasteiger partial charge < -0.3 is 9.80 Å². The first-order valence-electron chi connectivity index (χ1n) is 9.43. The van der Waals surface area contributed by atoms with Crippen molar-refractivity contribution >= 4 is 63.8 Å². The van der Waals surface area contributed by atoms with Gasteiger partial charge >= 0.3 is 0 Å². The van der Waals surface area contributed by atoms with E-state index < -0.39 is 0 Å². The second-order valence-electron chi connectivity index (χ2n) is 6.89. The minimum absolute atomic E-state index is 0.00931. The third kappa shape index (κ3) is 3.93. The molecular formula is C22H19IN4O2S. The minimum Gasteiger partial charge on any atom is -0.367 e. The molecule has 1 aliphatic heterocycles. The summed E-state index contributed by atoms with van der Waals surface area (Å²) >= 11 is 3.03. The van der Waals surface area contributed by atoms with Gasteiger partial charge in [0.15, 0.2) is 0 Å². The Kier molecular flexibility index (Phi) is 6.32. The molecule has 3 aromatic rings. The van der Waals surface area contributed by atoms with Gasteiger partial charge in [-0.2, -0.15) is 5.26 Å². The SMILES string of the molecule is C=Cc1cc(C(=O)N2CCN(c3ccccc3C#N)CC2)c2ccn(SOI)c2c1. The predicted octanol–water partition coefficient (Wildman–Crippen LogP) is 4.90. The van der Waals surface area contributed by atoms with Crippen molar-refractivity contribution in [2.24, 2.45) is 0 Å². The van der Waals surface area contributed by atoms with E-state index in [1.807, 2.05) is 80.5 Å². The van der Waals surface area contributed by atoms with E-state index in [4.69, 9.17) is 2.51 Å². The fraction of sp³-hybridized carbons (Fsp3) is 0.182. The highest BCUT2D eigenvalue weighted by atomic mass is 127. The number of amides is 1. The maximum absolute atomic E-state index is 13.4. The number of nitrogens with zero attached hydrogens (tertiary/aromatic N) is 4. The van der Waals surface area contributed by atoms with Crippen LogP contribution in [0.1, 0.15) is 21.5 Å². The molecule has 0 atom stereocenters. The van der Waals surface area contributed by atoms with Crippen LogP contribution in [-0.2, 0) is 2.51 Å². The Labute approximate surface area is 193 Å². The molecule has 6 nitrogen and oxygen atoms in total. The summed E-state index contributed by atoms with van der Waals surface area (Å²) in [6, 6.07) is 15.7. The molecule has 0 unspecified atom stereocenters. The van der Waals surface area contributed by atoms with Gasteiger partial charge in [-0.25, -0.2) is 2.51 Å². The first-order chi connectivity index (χ1) is 14.7. The number of hydrogen-bond donors (Lipinski definition) is 0. The van der Waals surface area contributed by atoms with Gasteiger partial charge in [0, 0.05) is 43.3 Å². The first kappa shape index (κ1) is 20.8. The zero-order valence-corrected chi connectivity index (χ0v) is 19.1. The van der Waals surface area contributed by atoms with Crippen LogP contribution in [0.3, 0.4) is 0 Å². The van der Waals surface area contributed by atoms with Crippen molar-refractivity contribution in [3.63, 3.8) is 0 Å². The molecule has 8 heteroatoms. The highest BCUT2D eigenvalue weighted by molar-refractivity contribution is 14.1. The molecule has 0 bridgehead atoms. The van der Waals surface area contributed by atoms with Crippen molar-refractivity contribution in [1.29, 1.82) is 5.26 Å². The minimum atomic E-state index is 0.00931. The van der Waals surface area contributed by atoms with E-state index in [1.54, 1.807) is 6.08 Å². The molecule has 1 aliphatic rings. The van der Waals surface area contributed by atoms with Gasteiger partial charge in [-0.15, -0.1) is 0 Å². The Morgan fingerprint density at radius 2 is 1.97 bits per heavy atom. The summed E-state index contributed by atoms with van der Waals surface area (Å²) < 4.78 is 7.05. The first-order valence-corrected chi connectivity index (χ1v) is 11.0. The summed E-state index contributed by atoms with van der Waals surface area (Å²) in [5.41, 5.74) is 4.06. The van der Waals surface area contributed by atoms with Crippen molar-refractivity contribution in [3.8, 4) is 6.07 Å². The number of halogens is 1. The summed E-state index contributed by atoms with van der Waals surface area (Å²) in [5, 5.41) is 10.3. The van der Waals surface area contributed by atoms with E-state index in [2.05, 4.69) is 17.5 Å². The lowest BCUT2D eigenvalue weighted by Crippen LogP contribution is -2.49. The molecule has 2 aromatic carbocycles. The molecule has 0 radical (unpaired) electrons. The highest BCUT2D eigenvalue weighted by Crippen LogP contribution is 2.29. The number of para-hydroxylation sites is 1. The van der Waals surface area contributed by atoms with Crippen LogP contribution in [0.4, 0.5) is 5.69 Å². The molecule has 0 spiro atoms. The fourth-order valence-corrected chi connectivity index (χ4v) is 4.72. The van der Waals surface area contributed by atoms with E-state index in [9.17, 15) is 10.1 Å². The van der Waals surface area contributed by atoms with E-state index in [0.29, 0.717) is 37.3 Å². The second kappa shape index (κ2) is 9.12. The van der Waals surface area contributed by atoms with Crippen molar-refractivity contribution in [2.45, 2.75) is 0 Å². The van der Waals surface area contributed by atoms with Crippen molar-refractivity contribution in [2.75, 3.05) is 31.1 Å². The van der Waals surface area contributed by atoms with Gasteiger partial charge in [0.2, 0.25) is 0 Å². The predicted molar refractivity (Wildman–Crippen MR) is 129 cm³/mol. The number of fused-ring (bicyclic) bond motifs is 1. The van der Waals surface area contributed by atoms with Crippen LogP contribution >= 0.6 is 35.2 Å². The monoisotopic (exact) mass is 530 g/mol. The van der Waals surface area contributed by atoms with Gasteiger partial charge in [-0.05, 0) is 35.9 Å². The number of benzene rings is 2. The maximum Gasteiger partial charge on any atom is 0.254 e. The summed E-state index contributed by atoms with van der Waals surface area (Å²) in [6.07, 6.45) is 3.65. The van der Waals surface area contributed by atoms with Crippen LogP contribution in [0.2, 0.25) is 0 Å². The molecule has 0 aliphatic carbocycles. The number of carbonyl (C=O) groups is 1. The average Bonchev–Trinajstić information content (AvgIpc) is 3.21. The summed E-state index contributed by atoms with van der Waals surface area (Å²) in [6.45, 7) is 6.45. The summed E-state index contributed by atoms with van der Waals surface area (Å²) in [4.78, 5) is 17.4. The number of carbonyl (C=O) groups excluding carboxylic acids is 1. The molecule has 0 saturated carbocycles. The molecule has 30 heavy (non-hydrogen) atoms. The standard InChI is InChI=1S/C22H19IN4O2S/c1-2-16-13-19(18-7-8-27(30-29-23)21(18)14-16)22(28)26-11-9-25(10-12-26)20-6-4-3-5-17(20)15-24/h2-8,13-14H,1,9-12H2. The zero-order valence-electron chi connectivity index (χ0n) is 16.1. The number of anilines is 1. The Bertz CT molecular complexity index is 1150. The molecule has 1 amide bonds. The van der Waals surface area contributed by atoms with Gasteiger partial charge in [0.05, 0.1) is 16.8 Å². The van der Waals surface area contributed by atoms with Gasteiger partial charge in [-0.3, -0.25) is 8.77 Å². The van der Waals surface area contributed by atoms with Crippen LogP contribution in [0.25, 0.3) is 17.0 Å². The van der Waals surface area contributed by atoms with Gasteiger partial charge in [0.25, 0.3) is 5.91 Å². The Morgan fingerprint density at radius 3 is 2.67 bits per heavy atom. The molecular weight excluding hydrogens is 511 g/mol. The topological polar surface area (TPSA) is 61.5 Å². The van der Waals surface area contributed by atoms with E-state index in [1.165, 1.54) is 12.2 Å². The molecule has 2 heterocycles. The largest absolute Gasteiger partial charge is 0.367 e. The number of piperazine rings is 1. The van der Waals surface area contributed by atoms with Crippen LogP contribution in [0.15, 0.2) is 55.2 Å². The van der Waals surface area contributed by atoms with Gasteiger partial charge in [0.1, 0.15) is 41.3 Å². The number of rotatable bonds is 5. The van der Waals surface area contributed by atoms with Crippen LogP contribution in [-0.4, -0.2) is 41.0 Å². The van der Waals surface area contributed by atoms with E-state index >= 15 is 0 Å². The Morgan fingerprint density at radius 1 is 1.20 bits per heavy atom. The van der Waals surface area contributed by atoms with Gasteiger partial charge in [-0.1, -0.05) is 24.8 Å². The van der Waals surface area contributed by atoms with E-state index in [0.717, 1.165) is 22.2 Å². The van der Waals surface area contributed by atoms with Crippen LogP contribution in [0, 0.1) is 11.3 Å². The molecule has 4 rings (SSSR count). The van der Waals surface area contributed by atoms with Crippen LogP contribution in [0.5, 0.6) is 0 Å². The normalized spacial score (nSPS) is 14.0. The smallest absolute Gasteiger partial charge is 0.254 e. The second-order valence-corrected chi connectivity index (χ2v) is 8.64. The summed E-state index contributed by atoms with van der Waals surface area (Å²) in [7, 11) is 0. The Balaban J connectivity index is 1.58. The number of aromatic nitrogens is 1. The van der Waals surface area contributed by atoms with E-state index in [-0.39, 0.29) is 5.91 Å². The third-order valence-corrected chi connectivity index (χ3v) is 6.32. The van der Waals surface area contributed by atoms with Crippen molar-refractivity contribution in [1.82, 2.24) is 8.87 Å². The average molecular weight is 530 g/mol. The molecule has 1 aromatic heterocycles. The molecule has 0 N–H and O–H groups in total. The molecule has 1 saturated heterocycles. The lowest BCUT2D eigenvalue weighted by molar-refractivity contribution is 0.0748. The van der Waals surface area contributed by atoms with Crippen molar-refractivity contribution in [3.05, 3.63) is 71.9 Å².